The molecule has 0 saturated heterocycles. The molecule has 3 heterocycles. The first kappa shape index (κ1) is 14.5. The van der Waals surface area contributed by atoms with E-state index in [1.807, 2.05) is 19.2 Å². The third kappa shape index (κ3) is 2.80. The lowest BCUT2D eigenvalue weighted by Gasteiger charge is -2.22. The summed E-state index contributed by atoms with van der Waals surface area (Å²) in [6.45, 7) is 1.84. The Morgan fingerprint density at radius 1 is 1.45 bits per heavy atom. The molecule has 2 aromatic rings. The number of nitrogens with one attached hydrogen (secondary N) is 2. The summed E-state index contributed by atoms with van der Waals surface area (Å²) in [6.07, 6.45) is 1.84. The summed E-state index contributed by atoms with van der Waals surface area (Å²) in [6, 6.07) is 4.60. The van der Waals surface area contributed by atoms with Gasteiger partial charge >= 0.3 is 0 Å². The zero-order chi connectivity index (χ0) is 15.7. The number of hydrogen-bond donors (Lipinski definition) is 2. The maximum atomic E-state index is 12.5. The third-order valence-electron chi connectivity index (χ3n) is 3.16. The molecule has 0 fully saturated rings. The molecule has 114 valence electrons. The van der Waals surface area contributed by atoms with Crippen LogP contribution in [0.2, 0.25) is 0 Å². The van der Waals surface area contributed by atoms with Crippen LogP contribution in [-0.4, -0.2) is 37.8 Å². The maximum Gasteiger partial charge on any atom is 0.251 e. The fourth-order valence-corrected chi connectivity index (χ4v) is 2.50. The molecule has 0 aliphatic carbocycles. The molecule has 2 aromatic heterocycles. The van der Waals surface area contributed by atoms with Gasteiger partial charge < -0.3 is 5.32 Å². The lowest BCUT2D eigenvalue weighted by atomic mass is 10.1. The highest BCUT2D eigenvalue weighted by atomic mass is 32.2. The van der Waals surface area contributed by atoms with Crippen molar-refractivity contribution in [3.63, 3.8) is 0 Å². The molecule has 0 unspecified atom stereocenters. The molecule has 1 aliphatic rings. The Kier molecular flexibility index (Phi) is 3.80. The van der Waals surface area contributed by atoms with Gasteiger partial charge in [0, 0.05) is 5.69 Å². The normalized spacial score (nSPS) is 16.8. The van der Waals surface area contributed by atoms with Crippen molar-refractivity contribution in [1.29, 1.82) is 0 Å². The first-order chi connectivity index (χ1) is 10.6. The van der Waals surface area contributed by atoms with E-state index in [0.717, 1.165) is 5.69 Å². The quantitative estimate of drug-likeness (QED) is 0.825. The van der Waals surface area contributed by atoms with Crippen molar-refractivity contribution in [3.05, 3.63) is 23.9 Å². The predicted molar refractivity (Wildman–Crippen MR) is 81.7 cm³/mol. The Labute approximate surface area is 130 Å². The molecule has 3 rings (SSSR count). The SMILES string of the molecule is CSc1nc2n(n1)[C@@H](C(=O)Nc1cccc(C)n1)CC(=O)N2. The number of thioether (sulfide) groups is 1. The highest BCUT2D eigenvalue weighted by Crippen LogP contribution is 2.26. The smallest absolute Gasteiger partial charge is 0.251 e. The van der Waals surface area contributed by atoms with E-state index in [1.54, 1.807) is 12.1 Å². The van der Waals surface area contributed by atoms with Crippen LogP contribution in [0.25, 0.3) is 0 Å². The van der Waals surface area contributed by atoms with Crippen LogP contribution in [0.1, 0.15) is 18.2 Å². The van der Waals surface area contributed by atoms with E-state index < -0.39 is 6.04 Å². The van der Waals surface area contributed by atoms with Crippen molar-refractivity contribution in [2.75, 3.05) is 16.9 Å². The van der Waals surface area contributed by atoms with Gasteiger partial charge in [0.25, 0.3) is 5.91 Å². The van der Waals surface area contributed by atoms with Gasteiger partial charge in [-0.15, -0.1) is 5.10 Å². The summed E-state index contributed by atoms with van der Waals surface area (Å²) in [4.78, 5) is 32.6. The molecule has 22 heavy (non-hydrogen) atoms. The topological polar surface area (TPSA) is 102 Å². The average molecular weight is 318 g/mol. The number of carbonyl (C=O) groups is 2. The highest BCUT2D eigenvalue weighted by molar-refractivity contribution is 7.98. The molecule has 0 saturated carbocycles. The van der Waals surface area contributed by atoms with E-state index in [9.17, 15) is 9.59 Å². The van der Waals surface area contributed by atoms with Gasteiger partial charge in [0.2, 0.25) is 17.0 Å². The van der Waals surface area contributed by atoms with Gasteiger partial charge in [-0.1, -0.05) is 17.8 Å². The molecule has 2 amide bonds. The molecular weight excluding hydrogens is 304 g/mol. The maximum absolute atomic E-state index is 12.5. The first-order valence-corrected chi connectivity index (χ1v) is 7.84. The van der Waals surface area contributed by atoms with E-state index in [0.29, 0.717) is 11.0 Å². The number of hydrogen-bond acceptors (Lipinski definition) is 6. The van der Waals surface area contributed by atoms with Crippen molar-refractivity contribution in [3.8, 4) is 0 Å². The minimum absolute atomic E-state index is 0.0157. The van der Waals surface area contributed by atoms with Gasteiger partial charge in [-0.25, -0.2) is 9.67 Å². The van der Waals surface area contributed by atoms with E-state index in [1.165, 1.54) is 16.4 Å². The molecule has 9 heteroatoms. The number of nitrogens with zero attached hydrogens (tertiary/aromatic N) is 4. The van der Waals surface area contributed by atoms with Crippen LogP contribution >= 0.6 is 11.8 Å². The van der Waals surface area contributed by atoms with Crippen molar-refractivity contribution < 1.29 is 9.59 Å². The number of aryl methyl sites for hydroxylation is 1. The minimum atomic E-state index is -0.737. The highest BCUT2D eigenvalue weighted by Gasteiger charge is 2.33. The van der Waals surface area contributed by atoms with Crippen molar-refractivity contribution >= 4 is 35.3 Å². The van der Waals surface area contributed by atoms with Crippen LogP contribution in [0, 0.1) is 6.92 Å². The molecule has 8 nitrogen and oxygen atoms in total. The Hall–Kier alpha value is -2.42. The largest absolute Gasteiger partial charge is 0.309 e. The second kappa shape index (κ2) is 5.76. The van der Waals surface area contributed by atoms with E-state index in [2.05, 4.69) is 25.7 Å². The molecule has 1 aliphatic heterocycles. The van der Waals surface area contributed by atoms with E-state index in [4.69, 9.17) is 0 Å². The summed E-state index contributed by atoms with van der Waals surface area (Å²) < 4.78 is 1.44. The predicted octanol–water partition coefficient (Wildman–Crippen LogP) is 1.23. The second-order valence-electron chi connectivity index (χ2n) is 4.79. The monoisotopic (exact) mass is 318 g/mol. The lowest BCUT2D eigenvalue weighted by Crippen LogP contribution is -2.36. The minimum Gasteiger partial charge on any atom is -0.309 e. The van der Waals surface area contributed by atoms with Gasteiger partial charge in [0.05, 0.1) is 6.42 Å². The van der Waals surface area contributed by atoms with Crippen LogP contribution in [0.4, 0.5) is 11.8 Å². The standard InChI is InChI=1S/C13H14N6O2S/c1-7-4-3-5-9(14-7)15-11(21)8-6-10(20)16-12-17-13(22-2)18-19(8)12/h3-5,8H,6H2,1-2H3,(H,14,15,21)(H,16,17,18,20)/t8-/m1/s1. The summed E-state index contributed by atoms with van der Waals surface area (Å²) in [5.74, 6) is 0.136. The number of aromatic nitrogens is 4. The number of anilines is 2. The Morgan fingerprint density at radius 3 is 3.00 bits per heavy atom. The van der Waals surface area contributed by atoms with Gasteiger partial charge in [-0.05, 0) is 25.3 Å². The number of pyridine rings is 1. The van der Waals surface area contributed by atoms with Crippen molar-refractivity contribution in [2.24, 2.45) is 0 Å². The van der Waals surface area contributed by atoms with E-state index in [-0.39, 0.29) is 24.2 Å². The molecule has 0 bridgehead atoms. The van der Waals surface area contributed by atoms with Gasteiger partial charge in [-0.2, -0.15) is 4.98 Å². The van der Waals surface area contributed by atoms with Crippen LogP contribution in [0.5, 0.6) is 0 Å². The number of rotatable bonds is 3. The van der Waals surface area contributed by atoms with E-state index >= 15 is 0 Å². The summed E-state index contributed by atoms with van der Waals surface area (Å²) in [7, 11) is 0. The van der Waals surface area contributed by atoms with Crippen LogP contribution in [-0.2, 0) is 9.59 Å². The first-order valence-electron chi connectivity index (χ1n) is 6.61. The average Bonchev–Trinajstić information content (AvgIpc) is 2.89. The Bertz CT molecular complexity index is 744. The number of fused-ring (bicyclic) bond motifs is 1. The van der Waals surface area contributed by atoms with Gasteiger partial charge in [-0.3, -0.25) is 14.9 Å². The zero-order valence-electron chi connectivity index (χ0n) is 12.0. The second-order valence-corrected chi connectivity index (χ2v) is 5.56. The summed E-state index contributed by atoms with van der Waals surface area (Å²) >= 11 is 1.34. The van der Waals surface area contributed by atoms with Gasteiger partial charge in [0.15, 0.2) is 0 Å². The number of amides is 2. The zero-order valence-corrected chi connectivity index (χ0v) is 12.8. The third-order valence-corrected chi connectivity index (χ3v) is 3.70. The van der Waals surface area contributed by atoms with Crippen molar-refractivity contribution in [2.45, 2.75) is 24.5 Å². The van der Waals surface area contributed by atoms with Gasteiger partial charge in [0.1, 0.15) is 11.9 Å². The van der Waals surface area contributed by atoms with Crippen molar-refractivity contribution in [1.82, 2.24) is 19.7 Å². The molecule has 2 N–H and O–H groups in total. The summed E-state index contributed by atoms with van der Waals surface area (Å²) in [5.41, 5.74) is 0.797. The Balaban J connectivity index is 1.86. The fourth-order valence-electron chi connectivity index (χ4n) is 2.16. The van der Waals surface area contributed by atoms with Crippen LogP contribution in [0.15, 0.2) is 23.4 Å². The number of carbonyl (C=O) groups excluding carboxylic acids is 2. The molecular formula is C13H14N6O2S. The Morgan fingerprint density at radius 2 is 2.27 bits per heavy atom. The molecule has 0 spiro atoms. The molecule has 0 radical (unpaired) electrons. The molecule has 0 aromatic carbocycles. The molecule has 1 atom stereocenters. The fraction of sp³-hybridized carbons (Fsp3) is 0.308. The van der Waals surface area contributed by atoms with Crippen LogP contribution in [0.3, 0.4) is 0 Å². The summed E-state index contributed by atoms with van der Waals surface area (Å²) in [5, 5.41) is 10.1. The lowest BCUT2D eigenvalue weighted by molar-refractivity contribution is -0.125. The van der Waals surface area contributed by atoms with Crippen LogP contribution < -0.4 is 10.6 Å².